The van der Waals surface area contributed by atoms with Crippen molar-refractivity contribution in [3.63, 3.8) is 0 Å². The van der Waals surface area contributed by atoms with Crippen LogP contribution in [-0.4, -0.2) is 57.1 Å². The zero-order valence-electron chi connectivity index (χ0n) is 22.4. The molecule has 6 nitrogen and oxygen atoms in total. The van der Waals surface area contributed by atoms with E-state index in [1.807, 2.05) is 72.5 Å². The third-order valence-corrected chi connectivity index (χ3v) is 7.16. The quantitative estimate of drug-likeness (QED) is 0.406. The van der Waals surface area contributed by atoms with Crippen LogP contribution in [0.5, 0.6) is 5.75 Å². The molecule has 6 heteroatoms. The van der Waals surface area contributed by atoms with Gasteiger partial charge in [-0.3, -0.25) is 9.59 Å². The lowest BCUT2D eigenvalue weighted by Crippen LogP contribution is -2.49. The fraction of sp³-hybridized carbons (Fsp3) is 0.355. The molecule has 0 aliphatic carbocycles. The van der Waals surface area contributed by atoms with E-state index in [0.717, 1.165) is 49.4 Å². The van der Waals surface area contributed by atoms with E-state index in [4.69, 9.17) is 4.74 Å². The Morgan fingerprint density at radius 2 is 1.65 bits per heavy atom. The number of piperazine rings is 1. The molecule has 0 unspecified atom stereocenters. The van der Waals surface area contributed by atoms with Gasteiger partial charge in [-0.15, -0.1) is 0 Å². The number of carbonyl (C=O) groups excluding carboxylic acids is 2. The smallest absolute Gasteiger partial charge is 0.258 e. The van der Waals surface area contributed by atoms with Gasteiger partial charge in [0.2, 0.25) is 0 Å². The second-order valence-electron chi connectivity index (χ2n) is 9.61. The fourth-order valence-corrected chi connectivity index (χ4v) is 4.77. The minimum absolute atomic E-state index is 0.000141. The summed E-state index contributed by atoms with van der Waals surface area (Å²) in [4.78, 5) is 32.5. The van der Waals surface area contributed by atoms with Crippen molar-refractivity contribution in [2.24, 2.45) is 0 Å². The number of ether oxygens (including phenoxy) is 1. The molecule has 0 radical (unpaired) electrons. The average Bonchev–Trinajstić information content (AvgIpc) is 2.95. The molecule has 1 aliphatic rings. The molecule has 0 bridgehead atoms. The van der Waals surface area contributed by atoms with Crippen LogP contribution in [0.15, 0.2) is 66.7 Å². The Kier molecular flexibility index (Phi) is 8.49. The van der Waals surface area contributed by atoms with Gasteiger partial charge in [-0.2, -0.15) is 0 Å². The van der Waals surface area contributed by atoms with Crippen LogP contribution in [0.25, 0.3) is 0 Å². The zero-order valence-corrected chi connectivity index (χ0v) is 22.4. The van der Waals surface area contributed by atoms with E-state index in [1.54, 1.807) is 19.1 Å². The highest BCUT2D eigenvalue weighted by Gasteiger charge is 2.25. The Morgan fingerprint density at radius 3 is 2.32 bits per heavy atom. The molecule has 0 saturated carbocycles. The van der Waals surface area contributed by atoms with Crippen molar-refractivity contribution < 1.29 is 14.3 Å². The largest absolute Gasteiger partial charge is 0.495 e. The first-order valence-electron chi connectivity index (χ1n) is 13.1. The third kappa shape index (κ3) is 5.96. The number of hydrogen-bond donors (Lipinski definition) is 0. The minimum atomic E-state index is -0.0882. The highest BCUT2D eigenvalue weighted by molar-refractivity contribution is 6.06. The van der Waals surface area contributed by atoms with Crippen molar-refractivity contribution >= 4 is 23.2 Å². The Bertz CT molecular complexity index is 1230. The number of hydrogen-bond acceptors (Lipinski definition) is 4. The number of nitrogens with zero attached hydrogens (tertiary/aromatic N) is 3. The molecule has 0 N–H and O–H groups in total. The standard InChI is InChI=1S/C31H37N3O3/c1-5-6-9-24-13-15-25(16-14-24)30(35)32(3)26-17-12-23(2)27(22-26)31(36)34-20-18-33(19-21-34)28-10-7-8-11-29(28)37-4/h7-8,10-17,22H,5-6,9,18-21H2,1-4H3. The predicted octanol–water partition coefficient (Wildman–Crippen LogP) is 5.59. The summed E-state index contributed by atoms with van der Waals surface area (Å²) in [7, 11) is 3.44. The van der Waals surface area contributed by atoms with Gasteiger partial charge in [0.15, 0.2) is 0 Å². The molecule has 2 amide bonds. The van der Waals surface area contributed by atoms with Crippen molar-refractivity contribution in [3.8, 4) is 5.75 Å². The Balaban J connectivity index is 1.44. The van der Waals surface area contributed by atoms with Crippen molar-refractivity contribution in [1.82, 2.24) is 4.90 Å². The van der Waals surface area contributed by atoms with Crippen LogP contribution in [-0.2, 0) is 6.42 Å². The molecule has 3 aromatic carbocycles. The number of amides is 2. The molecular formula is C31H37N3O3. The lowest BCUT2D eigenvalue weighted by Gasteiger charge is -2.37. The number of benzene rings is 3. The summed E-state index contributed by atoms with van der Waals surface area (Å²) in [5, 5.41) is 0. The van der Waals surface area contributed by atoms with E-state index in [1.165, 1.54) is 5.56 Å². The second kappa shape index (κ2) is 12.0. The first kappa shape index (κ1) is 26.3. The van der Waals surface area contributed by atoms with Gasteiger partial charge in [-0.25, -0.2) is 0 Å². The lowest BCUT2D eigenvalue weighted by molar-refractivity contribution is 0.0745. The van der Waals surface area contributed by atoms with Crippen LogP contribution >= 0.6 is 0 Å². The first-order valence-corrected chi connectivity index (χ1v) is 13.1. The molecule has 194 valence electrons. The summed E-state index contributed by atoms with van der Waals surface area (Å²) >= 11 is 0. The van der Waals surface area contributed by atoms with E-state index in [9.17, 15) is 9.59 Å². The summed E-state index contributed by atoms with van der Waals surface area (Å²) in [6, 6.07) is 21.5. The number of anilines is 2. The van der Waals surface area contributed by atoms with Crippen LogP contribution < -0.4 is 14.5 Å². The summed E-state index contributed by atoms with van der Waals surface area (Å²) in [6.07, 6.45) is 3.32. The van der Waals surface area contributed by atoms with E-state index in [2.05, 4.69) is 17.9 Å². The summed E-state index contributed by atoms with van der Waals surface area (Å²) in [5.74, 6) is 0.754. The van der Waals surface area contributed by atoms with Gasteiger partial charge in [-0.1, -0.05) is 43.7 Å². The van der Waals surface area contributed by atoms with Gasteiger partial charge in [0.05, 0.1) is 12.8 Å². The molecule has 1 heterocycles. The van der Waals surface area contributed by atoms with Crippen LogP contribution in [0.3, 0.4) is 0 Å². The monoisotopic (exact) mass is 499 g/mol. The van der Waals surface area contributed by atoms with E-state index >= 15 is 0 Å². The Labute approximate surface area is 220 Å². The molecule has 1 saturated heterocycles. The highest BCUT2D eigenvalue weighted by atomic mass is 16.5. The van der Waals surface area contributed by atoms with Gasteiger partial charge in [0.1, 0.15) is 5.75 Å². The van der Waals surface area contributed by atoms with Gasteiger partial charge in [0.25, 0.3) is 11.8 Å². The summed E-state index contributed by atoms with van der Waals surface area (Å²) in [6.45, 7) is 6.84. The van der Waals surface area contributed by atoms with Crippen molar-refractivity contribution in [2.75, 3.05) is 50.1 Å². The molecule has 3 aromatic rings. The number of unbranched alkanes of at least 4 members (excludes halogenated alkanes) is 1. The van der Waals surface area contributed by atoms with Gasteiger partial charge < -0.3 is 19.4 Å². The average molecular weight is 500 g/mol. The first-order chi connectivity index (χ1) is 17.9. The molecule has 1 fully saturated rings. The van der Waals surface area contributed by atoms with Crippen molar-refractivity contribution in [3.05, 3.63) is 89.0 Å². The predicted molar refractivity (Wildman–Crippen MR) is 150 cm³/mol. The molecule has 4 rings (SSSR count). The van der Waals surface area contributed by atoms with Crippen molar-refractivity contribution in [1.29, 1.82) is 0 Å². The fourth-order valence-electron chi connectivity index (χ4n) is 4.77. The molecule has 0 atom stereocenters. The van der Waals surface area contributed by atoms with E-state index in [-0.39, 0.29) is 11.8 Å². The highest BCUT2D eigenvalue weighted by Crippen LogP contribution is 2.29. The molecule has 37 heavy (non-hydrogen) atoms. The second-order valence-corrected chi connectivity index (χ2v) is 9.61. The molecule has 1 aliphatic heterocycles. The van der Waals surface area contributed by atoms with Gasteiger partial charge in [-0.05, 0) is 67.3 Å². The zero-order chi connectivity index (χ0) is 26.4. The Morgan fingerprint density at radius 1 is 0.946 bits per heavy atom. The van der Waals surface area contributed by atoms with Crippen LogP contribution in [0.2, 0.25) is 0 Å². The molecular weight excluding hydrogens is 462 g/mol. The van der Waals surface area contributed by atoms with Crippen molar-refractivity contribution in [2.45, 2.75) is 33.1 Å². The number of aryl methyl sites for hydroxylation is 2. The topological polar surface area (TPSA) is 53.1 Å². The maximum Gasteiger partial charge on any atom is 0.258 e. The Hall–Kier alpha value is -3.80. The lowest BCUT2D eigenvalue weighted by atomic mass is 10.0. The van der Waals surface area contributed by atoms with Crippen LogP contribution in [0, 0.1) is 6.92 Å². The van der Waals surface area contributed by atoms with Gasteiger partial charge >= 0.3 is 0 Å². The molecule has 0 aromatic heterocycles. The maximum absolute atomic E-state index is 13.5. The maximum atomic E-state index is 13.5. The number of para-hydroxylation sites is 2. The minimum Gasteiger partial charge on any atom is -0.495 e. The van der Waals surface area contributed by atoms with Gasteiger partial charge in [0, 0.05) is 50.0 Å². The van der Waals surface area contributed by atoms with E-state index in [0.29, 0.717) is 29.9 Å². The number of rotatable bonds is 8. The summed E-state index contributed by atoms with van der Waals surface area (Å²) in [5.41, 5.74) is 5.19. The van der Waals surface area contributed by atoms with Crippen LogP contribution in [0.1, 0.15) is 51.6 Å². The normalized spacial score (nSPS) is 13.4. The number of methoxy groups -OCH3 is 1. The SMILES string of the molecule is CCCCc1ccc(C(=O)N(C)c2ccc(C)c(C(=O)N3CCN(c4ccccc4OC)CC3)c2)cc1. The summed E-state index contributed by atoms with van der Waals surface area (Å²) < 4.78 is 5.51. The number of carbonyl (C=O) groups is 2. The third-order valence-electron chi connectivity index (χ3n) is 7.16. The van der Waals surface area contributed by atoms with Crippen LogP contribution in [0.4, 0.5) is 11.4 Å². The molecule has 0 spiro atoms. The van der Waals surface area contributed by atoms with E-state index < -0.39 is 0 Å².